The zero-order valence-electron chi connectivity index (χ0n) is 12.9. The molecule has 2 atom stereocenters. The van der Waals surface area contributed by atoms with Crippen LogP contribution in [0.25, 0.3) is 0 Å². The van der Waals surface area contributed by atoms with Crippen LogP contribution in [-0.2, 0) is 4.74 Å². The highest BCUT2D eigenvalue weighted by Crippen LogP contribution is 2.37. The van der Waals surface area contributed by atoms with Gasteiger partial charge in [0.2, 0.25) is 0 Å². The lowest BCUT2D eigenvalue weighted by atomic mass is 9.76. The Kier molecular flexibility index (Phi) is 7.25. The van der Waals surface area contributed by atoms with Crippen LogP contribution in [0.3, 0.4) is 0 Å². The first-order valence-corrected chi connectivity index (χ1v) is 8.05. The maximum absolute atomic E-state index is 6.27. The van der Waals surface area contributed by atoms with Gasteiger partial charge in [-0.05, 0) is 38.6 Å². The highest BCUT2D eigenvalue weighted by atomic mass is 16.5. The summed E-state index contributed by atoms with van der Waals surface area (Å²) in [5, 5.41) is 3.72. The number of likely N-dealkylation sites (N-methyl/N-ethyl adjacent to an activating group) is 1. The van der Waals surface area contributed by atoms with Gasteiger partial charge in [-0.3, -0.25) is 0 Å². The summed E-state index contributed by atoms with van der Waals surface area (Å²) < 4.78 is 6.27. The normalized spacial score (nSPS) is 22.7. The summed E-state index contributed by atoms with van der Waals surface area (Å²) in [6.45, 7) is 10.9. The standard InChI is InChI=1S/C16H33NO/c1-5-14(4)13-15(17-6-2)16(18-7-3)11-9-8-10-12-16/h14-15,17H,5-13H2,1-4H3. The van der Waals surface area contributed by atoms with E-state index in [2.05, 4.69) is 33.0 Å². The van der Waals surface area contributed by atoms with Crippen LogP contribution in [0.2, 0.25) is 0 Å². The van der Waals surface area contributed by atoms with Crippen molar-refractivity contribution >= 4 is 0 Å². The average Bonchev–Trinajstić information content (AvgIpc) is 2.39. The lowest BCUT2D eigenvalue weighted by Crippen LogP contribution is -2.54. The molecule has 0 aromatic heterocycles. The smallest absolute Gasteiger partial charge is 0.0834 e. The topological polar surface area (TPSA) is 21.3 Å². The van der Waals surface area contributed by atoms with Crippen LogP contribution in [0.4, 0.5) is 0 Å². The molecule has 0 saturated heterocycles. The molecule has 1 N–H and O–H groups in total. The Balaban J connectivity index is 2.75. The summed E-state index contributed by atoms with van der Waals surface area (Å²) in [6, 6.07) is 0.540. The second kappa shape index (κ2) is 8.16. The van der Waals surface area contributed by atoms with Gasteiger partial charge in [0, 0.05) is 12.6 Å². The van der Waals surface area contributed by atoms with Gasteiger partial charge in [0.15, 0.2) is 0 Å². The van der Waals surface area contributed by atoms with E-state index in [0.29, 0.717) is 6.04 Å². The molecule has 0 aromatic carbocycles. The fourth-order valence-electron chi connectivity index (χ4n) is 3.33. The van der Waals surface area contributed by atoms with Crippen molar-refractivity contribution in [3.8, 4) is 0 Å². The largest absolute Gasteiger partial charge is 0.374 e. The highest BCUT2D eigenvalue weighted by Gasteiger charge is 2.40. The zero-order valence-corrected chi connectivity index (χ0v) is 12.9. The zero-order chi connectivity index (χ0) is 13.4. The lowest BCUT2D eigenvalue weighted by Gasteiger charge is -2.44. The van der Waals surface area contributed by atoms with Crippen molar-refractivity contribution in [2.75, 3.05) is 13.2 Å². The van der Waals surface area contributed by atoms with Crippen LogP contribution in [0.5, 0.6) is 0 Å². The predicted molar refractivity (Wildman–Crippen MR) is 79.0 cm³/mol. The van der Waals surface area contributed by atoms with Gasteiger partial charge in [-0.1, -0.05) is 46.5 Å². The predicted octanol–water partition coefficient (Wildman–Crippen LogP) is 4.14. The molecule has 2 heteroatoms. The third-order valence-electron chi connectivity index (χ3n) is 4.55. The molecular formula is C16H33NO. The van der Waals surface area contributed by atoms with Crippen LogP contribution in [0, 0.1) is 5.92 Å². The van der Waals surface area contributed by atoms with Gasteiger partial charge in [-0.15, -0.1) is 0 Å². The highest BCUT2D eigenvalue weighted by molar-refractivity contribution is 4.96. The summed E-state index contributed by atoms with van der Waals surface area (Å²) in [4.78, 5) is 0. The fourth-order valence-corrected chi connectivity index (χ4v) is 3.33. The Bertz CT molecular complexity index is 206. The first kappa shape index (κ1) is 16.0. The minimum Gasteiger partial charge on any atom is -0.374 e. The summed E-state index contributed by atoms with van der Waals surface area (Å²) >= 11 is 0. The van der Waals surface area contributed by atoms with Crippen molar-refractivity contribution in [1.82, 2.24) is 5.32 Å². The molecule has 0 heterocycles. The lowest BCUT2D eigenvalue weighted by molar-refractivity contribution is -0.0937. The molecule has 0 spiro atoms. The van der Waals surface area contributed by atoms with Crippen molar-refractivity contribution in [1.29, 1.82) is 0 Å². The van der Waals surface area contributed by atoms with Gasteiger partial charge in [0.1, 0.15) is 0 Å². The molecule has 1 fully saturated rings. The van der Waals surface area contributed by atoms with E-state index in [0.717, 1.165) is 19.1 Å². The van der Waals surface area contributed by atoms with Crippen molar-refractivity contribution in [3.05, 3.63) is 0 Å². The molecule has 0 aliphatic heterocycles. The molecule has 0 bridgehead atoms. The van der Waals surface area contributed by atoms with Crippen LogP contribution in [0.1, 0.15) is 72.6 Å². The van der Waals surface area contributed by atoms with Gasteiger partial charge in [0.05, 0.1) is 5.60 Å². The second-order valence-electron chi connectivity index (χ2n) is 5.92. The van der Waals surface area contributed by atoms with E-state index in [9.17, 15) is 0 Å². The second-order valence-corrected chi connectivity index (χ2v) is 5.92. The Hall–Kier alpha value is -0.0800. The molecule has 0 aromatic rings. The molecule has 0 radical (unpaired) electrons. The number of hydrogen-bond acceptors (Lipinski definition) is 2. The monoisotopic (exact) mass is 255 g/mol. The number of ether oxygens (including phenoxy) is 1. The third kappa shape index (κ3) is 4.24. The molecule has 2 nitrogen and oxygen atoms in total. The van der Waals surface area contributed by atoms with Crippen LogP contribution < -0.4 is 5.32 Å². The molecule has 18 heavy (non-hydrogen) atoms. The van der Waals surface area contributed by atoms with Gasteiger partial charge in [0.25, 0.3) is 0 Å². The Labute approximate surface area is 114 Å². The third-order valence-corrected chi connectivity index (χ3v) is 4.55. The van der Waals surface area contributed by atoms with Crippen molar-refractivity contribution in [3.63, 3.8) is 0 Å². The van der Waals surface area contributed by atoms with Crippen LogP contribution >= 0.6 is 0 Å². The van der Waals surface area contributed by atoms with E-state index in [1.807, 2.05) is 0 Å². The molecule has 1 aliphatic carbocycles. The number of rotatable bonds is 8. The summed E-state index contributed by atoms with van der Waals surface area (Å²) in [6.07, 6.45) is 9.07. The van der Waals surface area contributed by atoms with E-state index in [1.54, 1.807) is 0 Å². The van der Waals surface area contributed by atoms with E-state index >= 15 is 0 Å². The Morgan fingerprint density at radius 2 is 1.78 bits per heavy atom. The molecule has 0 amide bonds. The molecule has 2 unspecified atom stereocenters. The van der Waals surface area contributed by atoms with Gasteiger partial charge < -0.3 is 10.1 Å². The van der Waals surface area contributed by atoms with Crippen LogP contribution in [0.15, 0.2) is 0 Å². The fraction of sp³-hybridized carbons (Fsp3) is 1.00. The van der Waals surface area contributed by atoms with E-state index < -0.39 is 0 Å². The quantitative estimate of drug-likeness (QED) is 0.704. The molecule has 108 valence electrons. The van der Waals surface area contributed by atoms with E-state index in [-0.39, 0.29) is 5.60 Å². The van der Waals surface area contributed by atoms with Crippen LogP contribution in [-0.4, -0.2) is 24.8 Å². The minimum atomic E-state index is 0.118. The molecule has 1 rings (SSSR count). The summed E-state index contributed by atoms with van der Waals surface area (Å²) in [5.74, 6) is 0.785. The van der Waals surface area contributed by atoms with Gasteiger partial charge in [-0.25, -0.2) is 0 Å². The SMILES string of the molecule is CCNC(CC(C)CC)C1(OCC)CCCCC1. The molecule has 1 saturated carbocycles. The average molecular weight is 255 g/mol. The Morgan fingerprint density at radius 1 is 1.11 bits per heavy atom. The minimum absolute atomic E-state index is 0.118. The maximum Gasteiger partial charge on any atom is 0.0834 e. The maximum atomic E-state index is 6.27. The van der Waals surface area contributed by atoms with Crippen molar-refractivity contribution < 1.29 is 4.74 Å². The van der Waals surface area contributed by atoms with E-state index in [1.165, 1.54) is 44.9 Å². The first-order valence-electron chi connectivity index (χ1n) is 8.05. The molecular weight excluding hydrogens is 222 g/mol. The van der Waals surface area contributed by atoms with Gasteiger partial charge in [-0.2, -0.15) is 0 Å². The molecule has 1 aliphatic rings. The van der Waals surface area contributed by atoms with Gasteiger partial charge >= 0.3 is 0 Å². The van der Waals surface area contributed by atoms with E-state index in [4.69, 9.17) is 4.74 Å². The first-order chi connectivity index (χ1) is 8.68. The summed E-state index contributed by atoms with van der Waals surface area (Å²) in [5.41, 5.74) is 0.118. The number of nitrogens with one attached hydrogen (secondary N) is 1. The summed E-state index contributed by atoms with van der Waals surface area (Å²) in [7, 11) is 0. The van der Waals surface area contributed by atoms with Crippen molar-refractivity contribution in [2.45, 2.75) is 84.3 Å². The Morgan fingerprint density at radius 3 is 2.28 bits per heavy atom. The number of hydrogen-bond donors (Lipinski definition) is 1. The van der Waals surface area contributed by atoms with Crippen molar-refractivity contribution in [2.24, 2.45) is 5.92 Å².